The average molecular weight is 270 g/mol. The van der Waals surface area contributed by atoms with Gasteiger partial charge in [0.05, 0.1) is 30.8 Å². The van der Waals surface area contributed by atoms with Crippen LogP contribution >= 0.6 is 0 Å². The first kappa shape index (κ1) is 15.2. The number of rotatable bonds is 4. The van der Waals surface area contributed by atoms with E-state index in [2.05, 4.69) is 6.58 Å². The van der Waals surface area contributed by atoms with Crippen molar-refractivity contribution < 1.29 is 29.3 Å². The summed E-state index contributed by atoms with van der Waals surface area (Å²) in [7, 11) is 0. The van der Waals surface area contributed by atoms with E-state index >= 15 is 0 Å². The highest BCUT2D eigenvalue weighted by Crippen LogP contribution is 2.33. The number of carbonyl (C=O) groups excluding carboxylic acids is 2. The molecule has 2 N–H and O–H groups in total. The maximum Gasteiger partial charge on any atom is 0.338 e. The molecule has 0 spiro atoms. The Morgan fingerprint density at radius 2 is 1.89 bits per heavy atom. The molecule has 2 atom stereocenters. The van der Waals surface area contributed by atoms with E-state index in [9.17, 15) is 19.8 Å². The lowest BCUT2D eigenvalue weighted by Gasteiger charge is -2.28. The van der Waals surface area contributed by atoms with Gasteiger partial charge < -0.3 is 19.7 Å². The van der Waals surface area contributed by atoms with Crippen LogP contribution in [0.5, 0.6) is 0 Å². The molecule has 0 radical (unpaired) electrons. The van der Waals surface area contributed by atoms with Gasteiger partial charge in [0, 0.05) is 5.57 Å². The van der Waals surface area contributed by atoms with Crippen molar-refractivity contribution >= 4 is 11.9 Å². The Morgan fingerprint density at radius 1 is 1.32 bits per heavy atom. The summed E-state index contributed by atoms with van der Waals surface area (Å²) >= 11 is 0. The van der Waals surface area contributed by atoms with Crippen molar-refractivity contribution in [3.05, 3.63) is 23.5 Å². The number of carbonyl (C=O) groups is 2. The number of ether oxygens (including phenoxy) is 2. The van der Waals surface area contributed by atoms with E-state index in [4.69, 9.17) is 9.47 Å². The Labute approximate surface area is 111 Å². The first-order valence-electron chi connectivity index (χ1n) is 6.08. The highest BCUT2D eigenvalue weighted by atomic mass is 16.5. The van der Waals surface area contributed by atoms with Crippen LogP contribution in [0, 0.1) is 5.92 Å². The molecule has 6 nitrogen and oxygen atoms in total. The molecular formula is C13H18O6. The third-order valence-electron chi connectivity index (χ3n) is 2.84. The minimum Gasteiger partial charge on any atom is -0.507 e. The third kappa shape index (κ3) is 3.14. The van der Waals surface area contributed by atoms with Gasteiger partial charge in [-0.3, -0.25) is 4.79 Å². The Kier molecular flexibility index (Phi) is 5.11. The predicted octanol–water partition coefficient (Wildman–Crippen LogP) is 0.862. The Hall–Kier alpha value is -1.82. The molecule has 106 valence electrons. The van der Waals surface area contributed by atoms with Gasteiger partial charge in [0.25, 0.3) is 0 Å². The summed E-state index contributed by atoms with van der Waals surface area (Å²) < 4.78 is 9.65. The first-order chi connectivity index (χ1) is 8.93. The minimum absolute atomic E-state index is 0.00333. The zero-order chi connectivity index (χ0) is 14.6. The van der Waals surface area contributed by atoms with E-state index in [1.54, 1.807) is 13.8 Å². The second kappa shape index (κ2) is 6.38. The van der Waals surface area contributed by atoms with Crippen molar-refractivity contribution in [1.82, 2.24) is 0 Å². The number of esters is 2. The van der Waals surface area contributed by atoms with Gasteiger partial charge in [-0.25, -0.2) is 4.79 Å². The van der Waals surface area contributed by atoms with Crippen LogP contribution in [0.4, 0.5) is 0 Å². The lowest BCUT2D eigenvalue weighted by molar-refractivity contribution is -0.151. The van der Waals surface area contributed by atoms with Crippen LogP contribution in [-0.2, 0) is 19.1 Å². The minimum atomic E-state index is -1.09. The first-order valence-corrected chi connectivity index (χ1v) is 6.08. The van der Waals surface area contributed by atoms with Gasteiger partial charge in [-0.05, 0) is 20.3 Å². The Bertz CT molecular complexity index is 423. The van der Waals surface area contributed by atoms with Crippen molar-refractivity contribution in [1.29, 1.82) is 0 Å². The highest BCUT2D eigenvalue weighted by Gasteiger charge is 2.40. The topological polar surface area (TPSA) is 93.1 Å². The maximum atomic E-state index is 11.8. The molecule has 0 aromatic rings. The van der Waals surface area contributed by atoms with Gasteiger partial charge in [-0.1, -0.05) is 6.58 Å². The SMILES string of the molecule is C=C1C(O)=C(C(=O)OCC)[C@H](C(=O)OCC)C[C@H]1O. The van der Waals surface area contributed by atoms with Crippen LogP contribution in [0.15, 0.2) is 23.5 Å². The fraction of sp³-hybridized carbons (Fsp3) is 0.538. The third-order valence-corrected chi connectivity index (χ3v) is 2.84. The average Bonchev–Trinajstić information content (AvgIpc) is 2.35. The van der Waals surface area contributed by atoms with Gasteiger partial charge in [0.2, 0.25) is 0 Å². The summed E-state index contributed by atoms with van der Waals surface area (Å²) in [5.41, 5.74) is -0.195. The van der Waals surface area contributed by atoms with Crippen LogP contribution in [0.1, 0.15) is 20.3 Å². The highest BCUT2D eigenvalue weighted by molar-refractivity contribution is 5.97. The second-order valence-corrected chi connectivity index (χ2v) is 4.06. The smallest absolute Gasteiger partial charge is 0.338 e. The van der Waals surface area contributed by atoms with Crippen LogP contribution in [-0.4, -0.2) is 41.5 Å². The number of aliphatic hydroxyl groups excluding tert-OH is 2. The van der Waals surface area contributed by atoms with E-state index in [0.29, 0.717) is 0 Å². The van der Waals surface area contributed by atoms with Crippen LogP contribution in [0.2, 0.25) is 0 Å². The largest absolute Gasteiger partial charge is 0.507 e. The van der Waals surface area contributed by atoms with Crippen LogP contribution < -0.4 is 0 Å². The standard InChI is InChI=1S/C13H18O6/c1-4-18-12(16)8-6-9(14)7(3)11(15)10(8)13(17)19-5-2/h8-9,14-15H,3-6H2,1-2H3/t8-,9-/m1/s1. The van der Waals surface area contributed by atoms with E-state index in [0.717, 1.165) is 0 Å². The van der Waals surface area contributed by atoms with Gasteiger partial charge in [0.1, 0.15) is 5.76 Å². The van der Waals surface area contributed by atoms with Gasteiger partial charge in [-0.15, -0.1) is 0 Å². The molecule has 6 heteroatoms. The molecule has 0 fully saturated rings. The second-order valence-electron chi connectivity index (χ2n) is 4.06. The molecule has 0 unspecified atom stereocenters. The number of hydrogen-bond donors (Lipinski definition) is 2. The fourth-order valence-electron chi connectivity index (χ4n) is 1.88. The molecule has 0 aliphatic heterocycles. The number of aliphatic hydroxyl groups is 2. The Balaban J connectivity index is 3.16. The zero-order valence-electron chi connectivity index (χ0n) is 11.0. The molecular weight excluding hydrogens is 252 g/mol. The molecule has 0 saturated carbocycles. The number of hydrogen-bond acceptors (Lipinski definition) is 6. The molecule has 0 aromatic heterocycles. The monoisotopic (exact) mass is 270 g/mol. The Morgan fingerprint density at radius 3 is 2.42 bits per heavy atom. The van der Waals surface area contributed by atoms with E-state index in [-0.39, 0.29) is 30.8 Å². The summed E-state index contributed by atoms with van der Waals surface area (Å²) in [4.78, 5) is 23.6. The van der Waals surface area contributed by atoms with Crippen molar-refractivity contribution in [2.45, 2.75) is 26.4 Å². The summed E-state index contributed by atoms with van der Waals surface area (Å²) in [6, 6.07) is 0. The molecule has 1 aliphatic carbocycles. The summed E-state index contributed by atoms with van der Waals surface area (Å²) in [5.74, 6) is -3.01. The maximum absolute atomic E-state index is 11.8. The van der Waals surface area contributed by atoms with E-state index < -0.39 is 29.7 Å². The van der Waals surface area contributed by atoms with E-state index in [1.165, 1.54) is 0 Å². The quantitative estimate of drug-likeness (QED) is 0.736. The molecule has 19 heavy (non-hydrogen) atoms. The summed E-state index contributed by atoms with van der Waals surface area (Å²) in [6.45, 7) is 6.99. The molecule has 0 heterocycles. The fourth-order valence-corrected chi connectivity index (χ4v) is 1.88. The van der Waals surface area contributed by atoms with Crippen LogP contribution in [0.25, 0.3) is 0 Å². The van der Waals surface area contributed by atoms with Gasteiger partial charge >= 0.3 is 11.9 Å². The summed E-state index contributed by atoms with van der Waals surface area (Å²) in [6.07, 6.45) is -1.15. The molecule has 0 bridgehead atoms. The van der Waals surface area contributed by atoms with E-state index in [1.807, 2.05) is 0 Å². The normalized spacial score (nSPS) is 23.2. The van der Waals surface area contributed by atoms with Gasteiger partial charge in [0.15, 0.2) is 0 Å². The van der Waals surface area contributed by atoms with Crippen molar-refractivity contribution in [3.63, 3.8) is 0 Å². The molecule has 1 aliphatic rings. The lowest BCUT2D eigenvalue weighted by Crippen LogP contribution is -2.35. The molecule has 0 amide bonds. The zero-order valence-corrected chi connectivity index (χ0v) is 11.0. The lowest BCUT2D eigenvalue weighted by atomic mass is 9.82. The molecule has 0 saturated heterocycles. The molecule has 1 rings (SSSR count). The van der Waals surface area contributed by atoms with Gasteiger partial charge in [-0.2, -0.15) is 0 Å². The van der Waals surface area contributed by atoms with Crippen molar-refractivity contribution in [3.8, 4) is 0 Å². The predicted molar refractivity (Wildman–Crippen MR) is 66.2 cm³/mol. The van der Waals surface area contributed by atoms with Crippen molar-refractivity contribution in [2.75, 3.05) is 13.2 Å². The van der Waals surface area contributed by atoms with Crippen LogP contribution in [0.3, 0.4) is 0 Å². The summed E-state index contributed by atoms with van der Waals surface area (Å²) in [5, 5.41) is 19.6. The van der Waals surface area contributed by atoms with Crippen molar-refractivity contribution in [2.24, 2.45) is 5.92 Å². The molecule has 0 aromatic carbocycles.